The van der Waals surface area contributed by atoms with Crippen LogP contribution in [0.3, 0.4) is 0 Å². The van der Waals surface area contributed by atoms with Crippen molar-refractivity contribution in [1.82, 2.24) is 9.55 Å². The fraction of sp³-hybridized carbons (Fsp3) is 0.381. The predicted molar refractivity (Wildman–Crippen MR) is 112 cm³/mol. The number of carbonyl (C=O) groups excluding carboxylic acids is 1. The minimum absolute atomic E-state index is 0.00898. The van der Waals surface area contributed by atoms with Gasteiger partial charge in [-0.2, -0.15) is 0 Å². The van der Waals surface area contributed by atoms with Crippen LogP contribution in [0.1, 0.15) is 46.1 Å². The van der Waals surface area contributed by atoms with Crippen LogP contribution in [0.15, 0.2) is 23.0 Å². The highest BCUT2D eigenvalue weighted by Crippen LogP contribution is 2.34. The Balaban J connectivity index is 1.81. The molecule has 3 aromatic rings. The number of fused-ring (bicyclic) bond motifs is 3. The molecule has 0 amide bonds. The molecule has 146 valence electrons. The first-order valence-corrected chi connectivity index (χ1v) is 10.4. The second-order valence-electron chi connectivity index (χ2n) is 7.02. The molecule has 0 atom stereocenters. The van der Waals surface area contributed by atoms with Crippen molar-refractivity contribution in [3.63, 3.8) is 0 Å². The van der Waals surface area contributed by atoms with E-state index in [9.17, 15) is 9.59 Å². The number of esters is 1. The summed E-state index contributed by atoms with van der Waals surface area (Å²) in [4.78, 5) is 32.1. The Hall–Kier alpha value is -2.67. The molecule has 0 aliphatic heterocycles. The summed E-state index contributed by atoms with van der Waals surface area (Å²) in [5.74, 6) is 0.113. The lowest BCUT2D eigenvalue weighted by molar-refractivity contribution is 0.0600. The van der Waals surface area contributed by atoms with E-state index in [4.69, 9.17) is 9.72 Å². The van der Waals surface area contributed by atoms with Crippen LogP contribution in [-0.2, 0) is 24.1 Å². The van der Waals surface area contributed by atoms with E-state index in [-0.39, 0.29) is 11.5 Å². The van der Waals surface area contributed by atoms with Crippen LogP contribution in [-0.4, -0.2) is 22.6 Å². The molecule has 0 unspecified atom stereocenters. The number of hydrogen-bond donors (Lipinski definition) is 1. The molecule has 4 rings (SSSR count). The van der Waals surface area contributed by atoms with Crippen LogP contribution in [0.4, 0.5) is 11.6 Å². The molecular formula is C21H23N3O3S. The molecular weight excluding hydrogens is 374 g/mol. The summed E-state index contributed by atoms with van der Waals surface area (Å²) < 4.78 is 6.52. The van der Waals surface area contributed by atoms with E-state index >= 15 is 0 Å². The van der Waals surface area contributed by atoms with Gasteiger partial charge in [-0.3, -0.25) is 9.36 Å². The molecule has 0 bridgehead atoms. The van der Waals surface area contributed by atoms with Crippen LogP contribution in [0.2, 0.25) is 0 Å². The lowest BCUT2D eigenvalue weighted by Crippen LogP contribution is -2.24. The van der Waals surface area contributed by atoms with Crippen molar-refractivity contribution in [2.24, 2.45) is 0 Å². The van der Waals surface area contributed by atoms with Gasteiger partial charge in [-0.15, -0.1) is 11.3 Å². The number of thiophene rings is 1. The van der Waals surface area contributed by atoms with Crippen molar-refractivity contribution in [3.05, 3.63) is 50.1 Å². The topological polar surface area (TPSA) is 73.2 Å². The zero-order valence-electron chi connectivity index (χ0n) is 16.3. The zero-order chi connectivity index (χ0) is 19.8. The van der Waals surface area contributed by atoms with Gasteiger partial charge in [0.15, 0.2) is 0 Å². The number of aryl methyl sites for hydroxylation is 3. The van der Waals surface area contributed by atoms with Gasteiger partial charge in [-0.1, -0.05) is 6.07 Å². The maximum atomic E-state index is 13.2. The molecule has 2 heterocycles. The average Bonchev–Trinajstić information content (AvgIpc) is 3.07. The van der Waals surface area contributed by atoms with Gasteiger partial charge in [0, 0.05) is 17.1 Å². The summed E-state index contributed by atoms with van der Waals surface area (Å²) in [5.41, 5.74) is 3.22. The highest BCUT2D eigenvalue weighted by atomic mass is 32.1. The smallest absolute Gasteiger partial charge is 0.338 e. The number of nitrogens with zero attached hydrogens (tertiary/aromatic N) is 2. The first-order chi connectivity index (χ1) is 13.5. The number of rotatable bonds is 4. The fourth-order valence-electron chi connectivity index (χ4n) is 3.79. The van der Waals surface area contributed by atoms with E-state index in [1.165, 1.54) is 24.0 Å². The second-order valence-corrected chi connectivity index (χ2v) is 8.11. The molecule has 1 aliphatic rings. The number of hydrogen-bond acceptors (Lipinski definition) is 6. The van der Waals surface area contributed by atoms with Crippen LogP contribution in [0, 0.1) is 6.92 Å². The van der Waals surface area contributed by atoms with Crippen molar-refractivity contribution in [2.45, 2.75) is 46.1 Å². The number of benzene rings is 1. The molecule has 1 aromatic carbocycles. The van der Waals surface area contributed by atoms with Gasteiger partial charge in [0.1, 0.15) is 4.83 Å². The molecule has 2 aromatic heterocycles. The number of nitrogens with one attached hydrogen (secondary N) is 1. The van der Waals surface area contributed by atoms with E-state index in [1.54, 1.807) is 22.0 Å². The summed E-state index contributed by atoms with van der Waals surface area (Å²) in [7, 11) is 1.37. The Morgan fingerprint density at radius 3 is 2.86 bits per heavy atom. The van der Waals surface area contributed by atoms with E-state index in [0.29, 0.717) is 23.7 Å². The van der Waals surface area contributed by atoms with E-state index < -0.39 is 0 Å². The van der Waals surface area contributed by atoms with Gasteiger partial charge >= 0.3 is 5.97 Å². The first-order valence-electron chi connectivity index (χ1n) is 9.54. The third-order valence-electron chi connectivity index (χ3n) is 5.29. The Morgan fingerprint density at radius 2 is 2.11 bits per heavy atom. The van der Waals surface area contributed by atoms with Crippen LogP contribution >= 0.6 is 11.3 Å². The van der Waals surface area contributed by atoms with E-state index in [1.807, 2.05) is 26.0 Å². The molecule has 1 N–H and O–H groups in total. The zero-order valence-corrected chi connectivity index (χ0v) is 17.1. The summed E-state index contributed by atoms with van der Waals surface area (Å²) in [5, 5.41) is 4.02. The summed E-state index contributed by atoms with van der Waals surface area (Å²) in [6.45, 7) is 4.32. The third kappa shape index (κ3) is 3.09. The van der Waals surface area contributed by atoms with Crippen molar-refractivity contribution in [2.75, 3.05) is 12.4 Å². The molecule has 0 spiro atoms. The van der Waals surface area contributed by atoms with Gasteiger partial charge in [0.2, 0.25) is 5.95 Å². The average molecular weight is 398 g/mol. The number of anilines is 2. The van der Waals surface area contributed by atoms with Crippen molar-refractivity contribution in [3.8, 4) is 0 Å². The van der Waals surface area contributed by atoms with Crippen molar-refractivity contribution in [1.29, 1.82) is 0 Å². The molecule has 0 saturated heterocycles. The van der Waals surface area contributed by atoms with Gasteiger partial charge in [0.25, 0.3) is 5.56 Å². The Bertz CT molecular complexity index is 1130. The number of methoxy groups -OCH3 is 1. The van der Waals surface area contributed by atoms with Crippen molar-refractivity contribution < 1.29 is 9.53 Å². The Morgan fingerprint density at radius 1 is 1.32 bits per heavy atom. The minimum Gasteiger partial charge on any atom is -0.465 e. The molecule has 0 radical (unpaired) electrons. The molecule has 6 nitrogen and oxygen atoms in total. The highest BCUT2D eigenvalue weighted by Gasteiger charge is 2.22. The maximum Gasteiger partial charge on any atom is 0.338 e. The molecule has 7 heteroatoms. The summed E-state index contributed by atoms with van der Waals surface area (Å²) in [6, 6.07) is 5.46. The lowest BCUT2D eigenvalue weighted by atomic mass is 9.97. The van der Waals surface area contributed by atoms with Crippen LogP contribution < -0.4 is 10.9 Å². The van der Waals surface area contributed by atoms with Gasteiger partial charge in [-0.25, -0.2) is 9.78 Å². The standard InChI is InChI=1S/C21H23N3O3S/c1-4-24-19(25)17-14-7-5-6-8-16(14)28-18(17)23-21(24)22-13-10-9-12(2)15(11-13)20(26)27-3/h9-11H,4-8H2,1-3H3,(H,22,23). The number of ether oxygens (including phenoxy) is 1. The normalized spacial score (nSPS) is 13.4. The van der Waals surface area contributed by atoms with E-state index in [2.05, 4.69) is 5.32 Å². The maximum absolute atomic E-state index is 13.2. The third-order valence-corrected chi connectivity index (χ3v) is 6.48. The first kappa shape index (κ1) is 18.7. The molecule has 28 heavy (non-hydrogen) atoms. The SMILES string of the molecule is CCn1c(Nc2ccc(C)c(C(=O)OC)c2)nc2sc3c(c2c1=O)CCCC3. The lowest BCUT2D eigenvalue weighted by Gasteiger charge is -2.14. The summed E-state index contributed by atoms with van der Waals surface area (Å²) in [6.07, 6.45) is 4.30. The minimum atomic E-state index is -0.386. The summed E-state index contributed by atoms with van der Waals surface area (Å²) >= 11 is 1.63. The number of carbonyl (C=O) groups is 1. The highest BCUT2D eigenvalue weighted by molar-refractivity contribution is 7.18. The fourth-order valence-corrected chi connectivity index (χ4v) is 5.04. The largest absolute Gasteiger partial charge is 0.465 e. The van der Waals surface area contributed by atoms with Gasteiger partial charge in [-0.05, 0) is 62.8 Å². The Labute approximate surface area is 167 Å². The molecule has 0 saturated carbocycles. The number of aromatic nitrogens is 2. The van der Waals surface area contributed by atoms with E-state index in [0.717, 1.165) is 35.0 Å². The predicted octanol–water partition coefficient (Wildman–Crippen LogP) is 4.20. The van der Waals surface area contributed by atoms with Crippen LogP contribution in [0.5, 0.6) is 0 Å². The second kappa shape index (κ2) is 7.39. The Kier molecular flexibility index (Phi) is 4.93. The molecule has 1 aliphatic carbocycles. The van der Waals surface area contributed by atoms with Gasteiger partial charge < -0.3 is 10.1 Å². The monoisotopic (exact) mass is 397 g/mol. The van der Waals surface area contributed by atoms with Crippen molar-refractivity contribution >= 4 is 39.2 Å². The molecule has 0 fully saturated rings. The quantitative estimate of drug-likeness (QED) is 0.668. The van der Waals surface area contributed by atoms with Gasteiger partial charge in [0.05, 0.1) is 18.1 Å². The van der Waals surface area contributed by atoms with Crippen LogP contribution in [0.25, 0.3) is 10.2 Å².